The summed E-state index contributed by atoms with van der Waals surface area (Å²) in [6, 6.07) is 55.9. The summed E-state index contributed by atoms with van der Waals surface area (Å²) < 4.78 is 95.8. The Bertz CT molecular complexity index is 3340. The molecule has 12 rings (SSSR count). The first-order valence-electron chi connectivity index (χ1n) is 24.1. The number of anilines is 8. The minimum atomic E-state index is -5.09. The largest absolute Gasteiger partial charge is 0.515 e. The van der Waals surface area contributed by atoms with Crippen LogP contribution in [0.1, 0.15) is 0 Å². The predicted molar refractivity (Wildman–Crippen MR) is 314 cm³/mol. The highest BCUT2D eigenvalue weighted by molar-refractivity contribution is 7.11. The highest BCUT2D eigenvalue weighted by Gasteiger charge is 2.82. The number of fused-ring (bicyclic) bond motifs is 4. The van der Waals surface area contributed by atoms with Crippen LogP contribution in [0.15, 0.2) is 194 Å². The minimum Gasteiger partial charge on any atom is -0.422 e. The van der Waals surface area contributed by atoms with Crippen LogP contribution in [-0.2, 0) is 49.4 Å². The Hall–Kier alpha value is -6.37. The van der Waals surface area contributed by atoms with Crippen molar-refractivity contribution >= 4 is 168 Å². The summed E-state index contributed by atoms with van der Waals surface area (Å²) in [5, 5.41) is 3.34. The fraction of sp³-hybridized carbons (Fsp3) is 0. The van der Waals surface area contributed by atoms with Crippen LogP contribution in [0.25, 0.3) is 0 Å². The summed E-state index contributed by atoms with van der Waals surface area (Å²) >= 11 is 0. The molecule has 0 radical (unpaired) electrons. The lowest BCUT2D eigenvalue weighted by Crippen LogP contribution is -2.92. The number of nitrogen functional groups attached to an aromatic ring is 8. The first kappa shape index (κ1) is 51.4. The molecule has 4 unspecified atom stereocenters. The molecule has 6 bridgehead atoms. The first-order chi connectivity index (χ1) is 37.0. The van der Waals surface area contributed by atoms with Crippen molar-refractivity contribution in [1.29, 1.82) is 0 Å². The van der Waals surface area contributed by atoms with E-state index in [2.05, 4.69) is 0 Å². The highest BCUT2D eigenvalue weighted by Crippen LogP contribution is 2.45. The van der Waals surface area contributed by atoms with Crippen molar-refractivity contribution in [1.82, 2.24) is 0 Å². The van der Waals surface area contributed by atoms with E-state index in [1.54, 1.807) is 182 Å². The summed E-state index contributed by atoms with van der Waals surface area (Å²) in [7, 11) is -38.7. The van der Waals surface area contributed by atoms with Crippen LogP contribution in [0, 0.1) is 0 Å². The Morgan fingerprint density at radius 2 is 0.455 bits per heavy atom. The number of rotatable bonds is 9. The van der Waals surface area contributed by atoms with Gasteiger partial charge in [-0.25, -0.2) is 0 Å². The van der Waals surface area contributed by atoms with Gasteiger partial charge < -0.3 is 95.3 Å². The topological polar surface area (TPSA) is 319 Å². The molecule has 392 valence electrons. The highest BCUT2D eigenvalue weighted by atomic mass is 28.6. The van der Waals surface area contributed by atoms with Gasteiger partial charge in [0.1, 0.15) is 10.5 Å². The van der Waals surface area contributed by atoms with Gasteiger partial charge in [0.2, 0.25) is 0 Å². The van der Waals surface area contributed by atoms with Crippen molar-refractivity contribution in [3.63, 3.8) is 0 Å². The van der Waals surface area contributed by atoms with E-state index in [1.165, 1.54) is 0 Å². The Morgan fingerprint density at radius 3 is 0.701 bits per heavy atom. The van der Waals surface area contributed by atoms with Crippen LogP contribution in [0.4, 0.5) is 45.5 Å². The molecule has 0 spiro atoms. The maximum atomic E-state index is 8.15. The van der Waals surface area contributed by atoms with Crippen LogP contribution in [-0.4, -0.2) is 81.4 Å². The molecule has 4 aliphatic rings. The Labute approximate surface area is 455 Å². The summed E-state index contributed by atoms with van der Waals surface area (Å²) in [4.78, 5) is 0. The molecular formula is C48H52N8O12Si9. The fourth-order valence-corrected chi connectivity index (χ4v) is 53.9. The second kappa shape index (κ2) is 19.2. The van der Waals surface area contributed by atoms with Crippen molar-refractivity contribution in [3.8, 4) is 0 Å². The van der Waals surface area contributed by atoms with Gasteiger partial charge in [0.15, 0.2) is 0 Å². The van der Waals surface area contributed by atoms with Crippen LogP contribution in [0.2, 0.25) is 0 Å². The second-order valence-electron chi connectivity index (χ2n) is 18.6. The molecule has 8 aromatic rings. The number of hydrogen-bond donors (Lipinski definition) is 8. The molecular weight excluding hydrogens is 1130 g/mol. The summed E-state index contributed by atoms with van der Waals surface area (Å²) in [6.45, 7) is 0. The standard InChI is InChI=1S/C48H52N8O12Si9/c49-33-1-17-41(18-2-33)70-58-72(43-21-5-35(51)6-22-43)62-74(45-25-9-37(53)10-26-45)60-71(57-69,42-19-3-34(50)4-20-42)61-75(46-27-11-38(54)12-28-46)63-73(59-70,44-23-7-36(52)8-24-44)65-76(64-72,47-29-13-39(55)14-30-47)68-77(66-74,67-75)48-31-15-40(56)16-32-48/h1-32,70H,49-56H2,69H3. The van der Waals surface area contributed by atoms with Crippen molar-refractivity contribution in [2.24, 2.45) is 0 Å². The molecule has 0 aliphatic carbocycles. The average Bonchev–Trinajstić information content (AvgIpc) is 3.38. The lowest BCUT2D eigenvalue weighted by molar-refractivity contribution is 0.0299. The molecule has 4 heterocycles. The SMILES string of the molecule is Nc1ccc([SiH]2O[Si]3(c4ccc(N)cc4)O[Si]4(c5ccc(N)cc5)O[Si](O[SiH3])(c5ccc(N)cc5)O[Si]5(c6ccc(N)cc6)O[Si](c6ccc(N)cc6)(O2)O[Si](c2ccc(N)cc2)(O3)O[Si](c2ccc(N)cc2)(O4)O5)cc1. The van der Waals surface area contributed by atoms with E-state index in [0.717, 1.165) is 0 Å². The zero-order valence-electron chi connectivity index (χ0n) is 41.1. The Morgan fingerprint density at radius 1 is 0.260 bits per heavy atom. The van der Waals surface area contributed by atoms with Crippen molar-refractivity contribution in [2.45, 2.75) is 0 Å². The maximum Gasteiger partial charge on any atom is 0.515 e. The van der Waals surface area contributed by atoms with E-state index in [4.69, 9.17) is 95.3 Å². The average molecular weight is 1190 g/mol. The van der Waals surface area contributed by atoms with E-state index in [-0.39, 0.29) is 10.5 Å². The van der Waals surface area contributed by atoms with Crippen LogP contribution >= 0.6 is 0 Å². The van der Waals surface area contributed by atoms with Crippen LogP contribution in [0.5, 0.6) is 0 Å². The van der Waals surface area contributed by atoms with E-state index in [9.17, 15) is 0 Å². The third-order valence-electron chi connectivity index (χ3n) is 13.3. The maximum absolute atomic E-state index is 8.15. The van der Waals surface area contributed by atoms with Gasteiger partial charge in [-0.15, -0.1) is 0 Å². The van der Waals surface area contributed by atoms with E-state index < -0.39 is 70.9 Å². The van der Waals surface area contributed by atoms with Crippen molar-refractivity contribution in [3.05, 3.63) is 194 Å². The molecule has 4 fully saturated rings. The lowest BCUT2D eigenvalue weighted by Gasteiger charge is -2.59. The summed E-state index contributed by atoms with van der Waals surface area (Å²) in [5.74, 6) is 0. The first-order valence-corrected chi connectivity index (χ1v) is 38.5. The second-order valence-corrected chi connectivity index (χ2v) is 42.6. The zero-order chi connectivity index (χ0) is 53.4. The third-order valence-corrected chi connectivity index (χ3v) is 47.2. The molecule has 0 saturated carbocycles. The Kier molecular flexibility index (Phi) is 12.8. The molecule has 29 heteroatoms. The predicted octanol–water partition coefficient (Wildman–Crippen LogP) is -1.77. The van der Waals surface area contributed by atoms with Gasteiger partial charge in [-0.05, 0) is 102 Å². The molecule has 0 amide bonds. The van der Waals surface area contributed by atoms with E-state index >= 15 is 0 Å². The summed E-state index contributed by atoms with van der Waals surface area (Å²) in [5.41, 5.74) is 55.4. The van der Waals surface area contributed by atoms with Gasteiger partial charge in [-0.3, -0.25) is 0 Å². The van der Waals surface area contributed by atoms with Gasteiger partial charge >= 0.3 is 70.9 Å². The molecule has 4 aliphatic heterocycles. The van der Waals surface area contributed by atoms with E-state index in [1.807, 2.05) is 12.1 Å². The molecule has 20 nitrogen and oxygen atoms in total. The van der Waals surface area contributed by atoms with Gasteiger partial charge in [0, 0.05) is 81.8 Å². The van der Waals surface area contributed by atoms with Crippen molar-refractivity contribution < 1.29 is 49.4 Å². The van der Waals surface area contributed by atoms with Gasteiger partial charge in [0.25, 0.3) is 0 Å². The van der Waals surface area contributed by atoms with Gasteiger partial charge in [-0.2, -0.15) is 0 Å². The molecule has 4 saturated heterocycles. The number of benzene rings is 8. The Balaban J connectivity index is 1.31. The van der Waals surface area contributed by atoms with Crippen LogP contribution < -0.4 is 87.4 Å². The lowest BCUT2D eigenvalue weighted by atomic mass is 10.3. The number of nitrogens with two attached hydrogens (primary N) is 8. The van der Waals surface area contributed by atoms with Crippen molar-refractivity contribution in [2.75, 3.05) is 45.9 Å². The fourth-order valence-electron chi connectivity index (χ4n) is 9.30. The number of hydrogen-bond acceptors (Lipinski definition) is 20. The third kappa shape index (κ3) is 9.14. The van der Waals surface area contributed by atoms with Crippen LogP contribution in [0.3, 0.4) is 0 Å². The molecule has 77 heavy (non-hydrogen) atoms. The van der Waals surface area contributed by atoms with Gasteiger partial charge in [-0.1, -0.05) is 97.1 Å². The van der Waals surface area contributed by atoms with E-state index in [0.29, 0.717) is 87.0 Å². The molecule has 0 aromatic heterocycles. The summed E-state index contributed by atoms with van der Waals surface area (Å²) in [6.07, 6.45) is 0. The normalized spacial score (nSPS) is 29.8. The smallest absolute Gasteiger partial charge is 0.422 e. The molecule has 4 atom stereocenters. The molecule has 8 aromatic carbocycles. The zero-order valence-corrected chi connectivity index (χ0v) is 51.2. The monoisotopic (exact) mass is 1180 g/mol. The molecule has 16 N–H and O–H groups in total. The van der Waals surface area contributed by atoms with Gasteiger partial charge in [0.05, 0.1) is 0 Å². The quantitative estimate of drug-likeness (QED) is 0.0586. The minimum absolute atomic E-state index is 0.00192.